The van der Waals surface area contributed by atoms with E-state index in [9.17, 15) is 9.90 Å². The molecule has 0 saturated heterocycles. The maximum Gasteiger partial charge on any atom is 0.407 e. The number of nitrogens with two attached hydrogens (primary N) is 1. The summed E-state index contributed by atoms with van der Waals surface area (Å²) < 4.78 is 5.14. The average molecular weight is 266 g/mol. The molecule has 0 saturated carbocycles. The molecule has 106 valence electrons. The van der Waals surface area contributed by atoms with Crippen molar-refractivity contribution in [2.75, 3.05) is 6.54 Å². The molecule has 0 spiro atoms. The molecule has 0 aliphatic rings. The Morgan fingerprint density at radius 1 is 1.37 bits per heavy atom. The highest BCUT2D eigenvalue weighted by Crippen LogP contribution is 2.21. The number of hydrogen-bond donors (Lipinski definition) is 3. The van der Waals surface area contributed by atoms with E-state index in [-0.39, 0.29) is 12.3 Å². The zero-order chi connectivity index (χ0) is 14.7. The maximum absolute atomic E-state index is 11.6. The Balaban J connectivity index is 2.63. The van der Waals surface area contributed by atoms with Gasteiger partial charge in [-0.05, 0) is 45.4 Å². The Morgan fingerprint density at radius 3 is 2.53 bits per heavy atom. The lowest BCUT2D eigenvalue weighted by Crippen LogP contribution is -2.46. The first-order valence-corrected chi connectivity index (χ1v) is 6.15. The van der Waals surface area contributed by atoms with Gasteiger partial charge >= 0.3 is 6.09 Å². The summed E-state index contributed by atoms with van der Waals surface area (Å²) in [4.78, 5) is 11.6. The average Bonchev–Trinajstić information content (AvgIpc) is 2.24. The first-order chi connectivity index (χ1) is 8.60. The molecular weight excluding hydrogens is 244 g/mol. The standard InChI is InChI=1S/C14H22N2O3/c1-13(2,3)19-12(18)16-9-14(4,15)10-6-5-7-11(17)8-10/h5-8,17H,9,15H2,1-4H3,(H,16,18). The van der Waals surface area contributed by atoms with Crippen LogP contribution in [0, 0.1) is 0 Å². The smallest absolute Gasteiger partial charge is 0.407 e. The summed E-state index contributed by atoms with van der Waals surface area (Å²) in [6.07, 6.45) is -0.510. The largest absolute Gasteiger partial charge is 0.508 e. The summed E-state index contributed by atoms with van der Waals surface area (Å²) in [6, 6.07) is 6.66. The van der Waals surface area contributed by atoms with Gasteiger partial charge in [0.25, 0.3) is 0 Å². The van der Waals surface area contributed by atoms with E-state index in [1.165, 1.54) is 0 Å². The lowest BCUT2D eigenvalue weighted by Gasteiger charge is -2.27. The van der Waals surface area contributed by atoms with Gasteiger partial charge < -0.3 is 20.9 Å². The van der Waals surface area contributed by atoms with Crippen LogP contribution in [0.15, 0.2) is 24.3 Å². The van der Waals surface area contributed by atoms with Crippen molar-refractivity contribution in [3.63, 3.8) is 0 Å². The summed E-state index contributed by atoms with van der Waals surface area (Å²) in [7, 11) is 0. The minimum atomic E-state index is -0.782. The lowest BCUT2D eigenvalue weighted by atomic mass is 9.93. The number of benzene rings is 1. The molecule has 19 heavy (non-hydrogen) atoms. The van der Waals surface area contributed by atoms with Gasteiger partial charge in [-0.3, -0.25) is 0 Å². The molecule has 5 heteroatoms. The van der Waals surface area contributed by atoms with Crippen molar-refractivity contribution >= 4 is 6.09 Å². The second-order valence-corrected chi connectivity index (χ2v) is 5.82. The van der Waals surface area contributed by atoms with Crippen molar-refractivity contribution in [3.8, 4) is 5.75 Å². The van der Waals surface area contributed by atoms with Crippen molar-refractivity contribution in [2.45, 2.75) is 38.8 Å². The minimum absolute atomic E-state index is 0.145. The van der Waals surface area contributed by atoms with E-state index in [1.807, 2.05) is 0 Å². The van der Waals surface area contributed by atoms with Crippen LogP contribution in [0.25, 0.3) is 0 Å². The Bertz CT molecular complexity index is 450. The third-order valence-corrected chi connectivity index (χ3v) is 2.50. The van der Waals surface area contributed by atoms with Crippen LogP contribution in [0.5, 0.6) is 5.75 Å². The van der Waals surface area contributed by atoms with Crippen molar-refractivity contribution < 1.29 is 14.6 Å². The molecular formula is C14H22N2O3. The van der Waals surface area contributed by atoms with Crippen molar-refractivity contribution in [1.82, 2.24) is 5.32 Å². The molecule has 1 atom stereocenters. The fourth-order valence-electron chi connectivity index (χ4n) is 1.53. The molecule has 1 unspecified atom stereocenters. The highest BCUT2D eigenvalue weighted by atomic mass is 16.6. The first kappa shape index (κ1) is 15.3. The van der Waals surface area contributed by atoms with Crippen LogP contribution in [0.2, 0.25) is 0 Å². The zero-order valence-corrected chi connectivity index (χ0v) is 11.9. The van der Waals surface area contributed by atoms with E-state index >= 15 is 0 Å². The van der Waals surface area contributed by atoms with Gasteiger partial charge in [-0.15, -0.1) is 0 Å². The number of rotatable bonds is 3. The fourth-order valence-corrected chi connectivity index (χ4v) is 1.53. The summed E-state index contributed by atoms with van der Waals surface area (Å²) in [5.74, 6) is 0.145. The van der Waals surface area contributed by atoms with Crippen LogP contribution in [0.3, 0.4) is 0 Å². The second-order valence-electron chi connectivity index (χ2n) is 5.82. The number of alkyl carbamates (subject to hydrolysis) is 1. The van der Waals surface area contributed by atoms with Gasteiger partial charge in [0.2, 0.25) is 0 Å². The highest BCUT2D eigenvalue weighted by molar-refractivity contribution is 5.67. The predicted molar refractivity (Wildman–Crippen MR) is 73.9 cm³/mol. The molecule has 0 aliphatic heterocycles. The highest BCUT2D eigenvalue weighted by Gasteiger charge is 2.24. The molecule has 1 aromatic carbocycles. The molecule has 1 aromatic rings. The van der Waals surface area contributed by atoms with Gasteiger partial charge in [0.05, 0.1) is 5.54 Å². The molecule has 0 bridgehead atoms. The number of carbonyl (C=O) groups excluding carboxylic acids is 1. The van der Waals surface area contributed by atoms with E-state index < -0.39 is 17.2 Å². The number of aromatic hydroxyl groups is 1. The van der Waals surface area contributed by atoms with Crippen LogP contribution in [0.4, 0.5) is 4.79 Å². The normalized spacial score (nSPS) is 14.6. The van der Waals surface area contributed by atoms with E-state index in [2.05, 4.69) is 5.32 Å². The molecule has 0 aliphatic carbocycles. The zero-order valence-electron chi connectivity index (χ0n) is 11.9. The van der Waals surface area contributed by atoms with Gasteiger partial charge in [-0.25, -0.2) is 4.79 Å². The van der Waals surface area contributed by atoms with Crippen LogP contribution in [0.1, 0.15) is 33.3 Å². The monoisotopic (exact) mass is 266 g/mol. The Kier molecular flexibility index (Phi) is 4.42. The first-order valence-electron chi connectivity index (χ1n) is 6.15. The number of nitrogens with one attached hydrogen (secondary N) is 1. The minimum Gasteiger partial charge on any atom is -0.508 e. The summed E-state index contributed by atoms with van der Waals surface area (Å²) in [5.41, 5.74) is 5.55. The summed E-state index contributed by atoms with van der Waals surface area (Å²) >= 11 is 0. The fraction of sp³-hybridized carbons (Fsp3) is 0.500. The number of phenols is 1. The number of amides is 1. The van der Waals surface area contributed by atoms with Gasteiger partial charge in [-0.1, -0.05) is 12.1 Å². The van der Waals surface area contributed by atoms with E-state index in [0.717, 1.165) is 5.56 Å². The van der Waals surface area contributed by atoms with Gasteiger partial charge in [0.1, 0.15) is 11.4 Å². The summed E-state index contributed by atoms with van der Waals surface area (Å²) in [6.45, 7) is 7.38. The molecule has 0 radical (unpaired) electrons. The number of hydrogen-bond acceptors (Lipinski definition) is 4. The molecule has 1 amide bonds. The third-order valence-electron chi connectivity index (χ3n) is 2.50. The lowest BCUT2D eigenvalue weighted by molar-refractivity contribution is 0.0516. The maximum atomic E-state index is 11.6. The second kappa shape index (κ2) is 5.48. The molecule has 0 heterocycles. The Hall–Kier alpha value is -1.75. The van der Waals surface area contributed by atoms with Crippen LogP contribution in [-0.2, 0) is 10.3 Å². The molecule has 0 fully saturated rings. The molecule has 1 rings (SSSR count). The molecule has 5 nitrogen and oxygen atoms in total. The SMILES string of the molecule is CC(C)(C)OC(=O)NCC(C)(N)c1cccc(O)c1. The third kappa shape index (κ3) is 5.18. The van der Waals surface area contributed by atoms with Crippen molar-refractivity contribution in [1.29, 1.82) is 0 Å². The van der Waals surface area contributed by atoms with E-state index in [4.69, 9.17) is 10.5 Å². The Labute approximate surface area is 113 Å². The number of ether oxygens (including phenoxy) is 1. The molecule has 0 aromatic heterocycles. The molecule has 4 N–H and O–H groups in total. The van der Waals surface area contributed by atoms with Crippen LogP contribution < -0.4 is 11.1 Å². The van der Waals surface area contributed by atoms with E-state index in [0.29, 0.717) is 0 Å². The predicted octanol–water partition coefficient (Wildman–Crippen LogP) is 2.09. The van der Waals surface area contributed by atoms with Crippen molar-refractivity contribution in [2.24, 2.45) is 5.73 Å². The Morgan fingerprint density at radius 2 is 2.00 bits per heavy atom. The number of phenolic OH excluding ortho intramolecular Hbond substituents is 1. The van der Waals surface area contributed by atoms with Crippen LogP contribution >= 0.6 is 0 Å². The van der Waals surface area contributed by atoms with Crippen molar-refractivity contribution in [3.05, 3.63) is 29.8 Å². The van der Waals surface area contributed by atoms with Gasteiger partial charge in [-0.2, -0.15) is 0 Å². The van der Waals surface area contributed by atoms with Gasteiger partial charge in [0, 0.05) is 6.54 Å². The van der Waals surface area contributed by atoms with Gasteiger partial charge in [0.15, 0.2) is 0 Å². The summed E-state index contributed by atoms with van der Waals surface area (Å²) in [5, 5.41) is 12.1. The number of carbonyl (C=O) groups is 1. The topological polar surface area (TPSA) is 84.6 Å². The van der Waals surface area contributed by atoms with E-state index in [1.54, 1.807) is 52.0 Å². The quantitative estimate of drug-likeness (QED) is 0.782. The van der Waals surface area contributed by atoms with Crippen LogP contribution in [-0.4, -0.2) is 23.3 Å².